The topological polar surface area (TPSA) is 31.4 Å². The Morgan fingerprint density at radius 2 is 2.14 bits per heavy atom. The second-order valence-electron chi connectivity index (χ2n) is 3.27. The van der Waals surface area contributed by atoms with Gasteiger partial charge in [0.1, 0.15) is 17.7 Å². The first-order valence-electron chi connectivity index (χ1n) is 4.69. The maximum absolute atomic E-state index is 12.8. The molecule has 2 rings (SSSR count). The summed E-state index contributed by atoms with van der Waals surface area (Å²) in [5.74, 6) is 0.131. The highest BCUT2D eigenvalue weighted by Crippen LogP contribution is 2.17. The molecule has 14 heavy (non-hydrogen) atoms. The van der Waals surface area contributed by atoms with Crippen LogP contribution < -0.4 is 4.74 Å². The van der Waals surface area contributed by atoms with Crippen molar-refractivity contribution in [2.24, 2.45) is 0 Å². The minimum Gasteiger partial charge on any atom is -0.489 e. The molecule has 1 saturated heterocycles. The number of nitrogens with zero attached hydrogens (tertiary/aromatic N) is 1. The predicted molar refractivity (Wildman–Crippen MR) is 48.7 cm³/mol. The van der Waals surface area contributed by atoms with E-state index in [0.29, 0.717) is 19.0 Å². The Labute approximate surface area is 81.9 Å². The van der Waals surface area contributed by atoms with Gasteiger partial charge >= 0.3 is 0 Å². The monoisotopic (exact) mass is 197 g/mol. The van der Waals surface area contributed by atoms with Crippen molar-refractivity contribution in [1.29, 1.82) is 0 Å². The van der Waals surface area contributed by atoms with Crippen molar-refractivity contribution in [2.75, 3.05) is 13.2 Å². The minimum atomic E-state index is -0.366. The van der Waals surface area contributed by atoms with Gasteiger partial charge in [-0.1, -0.05) is 0 Å². The van der Waals surface area contributed by atoms with Crippen LogP contribution in [0.15, 0.2) is 18.5 Å². The Balaban J connectivity index is 1.95. The molecule has 1 aliphatic heterocycles. The first-order valence-corrected chi connectivity index (χ1v) is 4.69. The lowest BCUT2D eigenvalue weighted by molar-refractivity contribution is 0.0253. The quantitative estimate of drug-likeness (QED) is 0.724. The van der Waals surface area contributed by atoms with Crippen LogP contribution in [0.3, 0.4) is 0 Å². The third kappa shape index (κ3) is 2.42. The van der Waals surface area contributed by atoms with E-state index < -0.39 is 0 Å². The van der Waals surface area contributed by atoms with E-state index in [9.17, 15) is 4.39 Å². The van der Waals surface area contributed by atoms with Crippen LogP contribution in [-0.2, 0) is 4.74 Å². The van der Waals surface area contributed by atoms with Crippen molar-refractivity contribution in [3.05, 3.63) is 24.3 Å². The summed E-state index contributed by atoms with van der Waals surface area (Å²) in [6.45, 7) is 1.43. The van der Waals surface area contributed by atoms with Crippen LogP contribution in [0.4, 0.5) is 4.39 Å². The summed E-state index contributed by atoms with van der Waals surface area (Å²) in [6.07, 6.45) is 4.54. The molecule has 1 fully saturated rings. The van der Waals surface area contributed by atoms with Crippen molar-refractivity contribution in [3.63, 3.8) is 0 Å². The van der Waals surface area contributed by atoms with E-state index in [1.54, 1.807) is 0 Å². The average molecular weight is 197 g/mol. The van der Waals surface area contributed by atoms with Crippen molar-refractivity contribution in [2.45, 2.75) is 18.9 Å². The van der Waals surface area contributed by atoms with Gasteiger partial charge in [0.05, 0.1) is 25.6 Å². The van der Waals surface area contributed by atoms with Crippen LogP contribution in [0.5, 0.6) is 5.75 Å². The fraction of sp³-hybridized carbons (Fsp3) is 0.500. The molecule has 1 aromatic heterocycles. The lowest BCUT2D eigenvalue weighted by Crippen LogP contribution is -2.25. The van der Waals surface area contributed by atoms with Gasteiger partial charge in [0.25, 0.3) is 0 Å². The number of pyridine rings is 1. The molecule has 0 radical (unpaired) electrons. The largest absolute Gasteiger partial charge is 0.489 e. The van der Waals surface area contributed by atoms with E-state index in [2.05, 4.69) is 4.98 Å². The summed E-state index contributed by atoms with van der Waals surface area (Å²) in [5, 5.41) is 0. The molecule has 0 aromatic carbocycles. The van der Waals surface area contributed by atoms with Crippen LogP contribution in [0.1, 0.15) is 12.8 Å². The molecule has 0 atom stereocenters. The van der Waals surface area contributed by atoms with Crippen LogP contribution in [0, 0.1) is 5.82 Å². The van der Waals surface area contributed by atoms with Gasteiger partial charge in [-0.3, -0.25) is 4.98 Å². The van der Waals surface area contributed by atoms with Crippen LogP contribution >= 0.6 is 0 Å². The molecular formula is C10H12FNO2. The molecule has 0 saturated carbocycles. The van der Waals surface area contributed by atoms with E-state index in [1.165, 1.54) is 12.3 Å². The third-order valence-electron chi connectivity index (χ3n) is 2.15. The Hall–Kier alpha value is -1.16. The molecule has 1 aliphatic rings. The SMILES string of the molecule is Fc1cncc(OC2CCOCC2)c1. The molecule has 0 amide bonds. The van der Waals surface area contributed by atoms with E-state index in [1.807, 2.05) is 0 Å². The highest BCUT2D eigenvalue weighted by molar-refractivity contribution is 5.17. The second kappa shape index (κ2) is 4.37. The molecule has 0 unspecified atom stereocenters. The molecule has 0 bridgehead atoms. The fourth-order valence-corrected chi connectivity index (χ4v) is 1.44. The highest BCUT2D eigenvalue weighted by atomic mass is 19.1. The summed E-state index contributed by atoms with van der Waals surface area (Å²) in [6, 6.07) is 1.35. The van der Waals surface area contributed by atoms with Gasteiger partial charge < -0.3 is 9.47 Å². The van der Waals surface area contributed by atoms with Crippen molar-refractivity contribution in [1.82, 2.24) is 4.98 Å². The van der Waals surface area contributed by atoms with Gasteiger partial charge in [0, 0.05) is 18.9 Å². The van der Waals surface area contributed by atoms with E-state index in [-0.39, 0.29) is 11.9 Å². The lowest BCUT2D eigenvalue weighted by atomic mass is 10.1. The second-order valence-corrected chi connectivity index (χ2v) is 3.27. The summed E-state index contributed by atoms with van der Waals surface area (Å²) in [4.78, 5) is 3.72. The van der Waals surface area contributed by atoms with Crippen LogP contribution in [-0.4, -0.2) is 24.3 Å². The maximum Gasteiger partial charge on any atom is 0.145 e. The zero-order valence-corrected chi connectivity index (χ0v) is 7.78. The molecule has 76 valence electrons. The summed E-state index contributed by atoms with van der Waals surface area (Å²) in [7, 11) is 0. The van der Waals surface area contributed by atoms with Gasteiger partial charge in [-0.05, 0) is 0 Å². The number of hydrogen-bond acceptors (Lipinski definition) is 3. The maximum atomic E-state index is 12.8. The first kappa shape index (κ1) is 9.40. The first-order chi connectivity index (χ1) is 6.84. The Bertz CT molecular complexity index is 300. The minimum absolute atomic E-state index is 0.132. The molecule has 4 heteroatoms. The van der Waals surface area contributed by atoms with Crippen LogP contribution in [0.25, 0.3) is 0 Å². The average Bonchev–Trinajstić information content (AvgIpc) is 2.19. The van der Waals surface area contributed by atoms with Crippen molar-refractivity contribution in [3.8, 4) is 5.75 Å². The van der Waals surface area contributed by atoms with Gasteiger partial charge in [0.2, 0.25) is 0 Å². The Morgan fingerprint density at radius 3 is 2.86 bits per heavy atom. The zero-order chi connectivity index (χ0) is 9.80. The molecule has 1 aromatic rings. The molecule has 2 heterocycles. The summed E-state index contributed by atoms with van der Waals surface area (Å²) >= 11 is 0. The summed E-state index contributed by atoms with van der Waals surface area (Å²) in [5.41, 5.74) is 0. The van der Waals surface area contributed by atoms with E-state index in [0.717, 1.165) is 19.0 Å². The number of rotatable bonds is 2. The van der Waals surface area contributed by atoms with Gasteiger partial charge in [-0.15, -0.1) is 0 Å². The lowest BCUT2D eigenvalue weighted by Gasteiger charge is -2.22. The molecular weight excluding hydrogens is 185 g/mol. The van der Waals surface area contributed by atoms with Crippen molar-refractivity contribution >= 4 is 0 Å². The van der Waals surface area contributed by atoms with Gasteiger partial charge in [-0.25, -0.2) is 4.39 Å². The molecule has 0 spiro atoms. The standard InChI is InChI=1S/C10H12FNO2/c11-8-5-10(7-12-6-8)14-9-1-3-13-4-2-9/h5-7,9H,1-4H2. The number of aromatic nitrogens is 1. The van der Waals surface area contributed by atoms with Crippen LogP contribution in [0.2, 0.25) is 0 Å². The Morgan fingerprint density at radius 1 is 1.36 bits per heavy atom. The van der Waals surface area contributed by atoms with E-state index in [4.69, 9.17) is 9.47 Å². The number of halogens is 1. The zero-order valence-electron chi connectivity index (χ0n) is 7.78. The molecule has 0 N–H and O–H groups in total. The molecule has 3 nitrogen and oxygen atoms in total. The van der Waals surface area contributed by atoms with Gasteiger partial charge in [0.15, 0.2) is 0 Å². The third-order valence-corrected chi connectivity index (χ3v) is 2.15. The highest BCUT2D eigenvalue weighted by Gasteiger charge is 2.15. The Kier molecular flexibility index (Phi) is 2.93. The van der Waals surface area contributed by atoms with E-state index >= 15 is 0 Å². The van der Waals surface area contributed by atoms with Gasteiger partial charge in [-0.2, -0.15) is 0 Å². The predicted octanol–water partition coefficient (Wildman–Crippen LogP) is 1.78. The van der Waals surface area contributed by atoms with Crippen molar-refractivity contribution < 1.29 is 13.9 Å². The normalized spacial score (nSPS) is 18.1. The smallest absolute Gasteiger partial charge is 0.145 e. The summed E-state index contributed by atoms with van der Waals surface area (Å²) < 4.78 is 23.5. The molecule has 0 aliphatic carbocycles. The fourth-order valence-electron chi connectivity index (χ4n) is 1.44. The number of hydrogen-bond donors (Lipinski definition) is 0. The number of ether oxygens (including phenoxy) is 2.